The van der Waals surface area contributed by atoms with Gasteiger partial charge in [-0.1, -0.05) is 6.07 Å². The number of benzene rings is 2. The summed E-state index contributed by atoms with van der Waals surface area (Å²) >= 11 is 1.40. The molecule has 5 rings (SSSR count). The van der Waals surface area contributed by atoms with E-state index in [2.05, 4.69) is 19.7 Å². The molecule has 7 nitrogen and oxygen atoms in total. The van der Waals surface area contributed by atoms with Gasteiger partial charge >= 0.3 is 0 Å². The third-order valence-corrected chi connectivity index (χ3v) is 7.23. The van der Waals surface area contributed by atoms with Gasteiger partial charge < -0.3 is 14.4 Å². The number of hydrogen-bond acceptors (Lipinski definition) is 7. The summed E-state index contributed by atoms with van der Waals surface area (Å²) < 4.78 is 26.7. The molecular weight excluding hydrogens is 503 g/mol. The largest absolute Gasteiger partial charge is 0.504 e. The maximum Gasteiger partial charge on any atom is 0.229 e. The Kier molecular flexibility index (Phi) is 8.22. The van der Waals surface area contributed by atoms with Crippen molar-refractivity contribution in [3.63, 3.8) is 0 Å². The van der Waals surface area contributed by atoms with Crippen LogP contribution in [0.25, 0.3) is 15.7 Å². The molecule has 0 unspecified atom stereocenters. The number of fused-ring (bicyclic) bond motifs is 1. The van der Waals surface area contributed by atoms with Crippen molar-refractivity contribution in [3.05, 3.63) is 82.0 Å². The molecule has 1 aliphatic rings. The van der Waals surface area contributed by atoms with Crippen LogP contribution in [0.1, 0.15) is 29.8 Å². The van der Waals surface area contributed by atoms with E-state index in [-0.39, 0.29) is 24.4 Å². The number of ether oxygens (including phenoxy) is 2. The van der Waals surface area contributed by atoms with Crippen LogP contribution in [-0.4, -0.2) is 46.9 Å². The summed E-state index contributed by atoms with van der Waals surface area (Å²) in [5.41, 5.74) is 1.30. The van der Waals surface area contributed by atoms with Crippen molar-refractivity contribution in [2.24, 2.45) is 0 Å². The number of aromatic nitrogens is 2. The molecule has 194 valence electrons. The van der Waals surface area contributed by atoms with Crippen LogP contribution in [-0.2, 0) is 17.6 Å². The summed E-state index contributed by atoms with van der Waals surface area (Å²) in [5, 5.41) is 3.16. The van der Waals surface area contributed by atoms with Gasteiger partial charge in [0.25, 0.3) is 0 Å². The molecule has 0 bridgehead atoms. The summed E-state index contributed by atoms with van der Waals surface area (Å²) in [6, 6.07) is 9.59. The molecule has 3 heterocycles. The number of carbonyl (C=O) groups is 1. The third kappa shape index (κ3) is 6.33. The molecule has 1 aliphatic heterocycles. The van der Waals surface area contributed by atoms with E-state index in [1.807, 2.05) is 5.38 Å². The molecule has 4 aromatic rings. The van der Waals surface area contributed by atoms with E-state index in [0.717, 1.165) is 26.1 Å². The summed E-state index contributed by atoms with van der Waals surface area (Å²) in [5.74, 6) is 0.620. The first kappa shape index (κ1) is 25.8. The first-order valence-electron chi connectivity index (χ1n) is 12.6. The summed E-state index contributed by atoms with van der Waals surface area (Å²) in [4.78, 5) is 26.9. The lowest BCUT2D eigenvalue weighted by Gasteiger charge is -2.15. The van der Waals surface area contributed by atoms with Crippen LogP contribution in [0.3, 0.4) is 0 Å². The Morgan fingerprint density at radius 3 is 2.71 bits per heavy atom. The molecule has 38 heavy (non-hydrogen) atoms. The average molecular weight is 531 g/mol. The van der Waals surface area contributed by atoms with Crippen LogP contribution in [0.15, 0.2) is 54.2 Å². The molecule has 9 heteroatoms. The maximum absolute atomic E-state index is 14.8. The maximum atomic E-state index is 14.8. The first-order chi connectivity index (χ1) is 18.6. The monoisotopic (exact) mass is 530 g/mol. The van der Waals surface area contributed by atoms with Crippen LogP contribution >= 0.6 is 11.3 Å². The Morgan fingerprint density at radius 1 is 1.08 bits per heavy atom. The Morgan fingerprint density at radius 2 is 1.95 bits per heavy atom. The number of likely N-dealkylation sites (tertiary alicyclic amines) is 1. The van der Waals surface area contributed by atoms with E-state index >= 15 is 0 Å². The highest BCUT2D eigenvalue weighted by Crippen LogP contribution is 2.37. The summed E-state index contributed by atoms with van der Waals surface area (Å²) in [7, 11) is 0. The van der Waals surface area contributed by atoms with Gasteiger partial charge in [-0.05, 0) is 62.2 Å². The highest BCUT2D eigenvalue weighted by molar-refractivity contribution is 7.09. The summed E-state index contributed by atoms with van der Waals surface area (Å²) in [6.45, 7) is 11.4. The normalized spacial score (nSPS) is 13.5. The van der Waals surface area contributed by atoms with Crippen LogP contribution in [0.5, 0.6) is 17.2 Å². The highest BCUT2D eigenvalue weighted by atomic mass is 32.1. The van der Waals surface area contributed by atoms with Gasteiger partial charge in [0.1, 0.15) is 28.8 Å². The van der Waals surface area contributed by atoms with Crippen molar-refractivity contribution in [2.45, 2.75) is 32.1 Å². The Labute approximate surface area is 224 Å². The van der Waals surface area contributed by atoms with E-state index in [0.29, 0.717) is 45.3 Å². The minimum absolute atomic E-state index is 0.0148. The zero-order valence-electron chi connectivity index (χ0n) is 20.9. The Bertz CT molecular complexity index is 1460. The van der Waals surface area contributed by atoms with Gasteiger partial charge in [-0.2, -0.15) is 0 Å². The van der Waals surface area contributed by atoms with Gasteiger partial charge in [0.2, 0.25) is 5.69 Å². The number of halogens is 1. The molecule has 0 N–H and O–H groups in total. The van der Waals surface area contributed by atoms with Gasteiger partial charge in [0.05, 0.1) is 30.1 Å². The number of ketones is 1. The molecule has 0 radical (unpaired) electrons. The number of carbonyl (C=O) groups excluding carboxylic acids is 1. The lowest BCUT2D eigenvalue weighted by molar-refractivity contribution is -0.117. The average Bonchev–Trinajstić information content (AvgIpc) is 3.62. The van der Waals surface area contributed by atoms with Gasteiger partial charge in [-0.25, -0.2) is 14.2 Å². The minimum atomic E-state index is -0.514. The fraction of sp³-hybridized carbons (Fsp3) is 0.310. The van der Waals surface area contributed by atoms with Gasteiger partial charge in [-0.15, -0.1) is 11.3 Å². The van der Waals surface area contributed by atoms with Gasteiger partial charge in [0, 0.05) is 42.2 Å². The molecule has 1 fully saturated rings. The predicted octanol–water partition coefficient (Wildman–Crippen LogP) is 6.39. The fourth-order valence-electron chi connectivity index (χ4n) is 4.55. The van der Waals surface area contributed by atoms with Crippen LogP contribution in [0, 0.1) is 12.4 Å². The number of thiazole rings is 1. The van der Waals surface area contributed by atoms with E-state index in [9.17, 15) is 9.18 Å². The fourth-order valence-corrected chi connectivity index (χ4v) is 5.20. The second kappa shape index (κ2) is 12.1. The van der Waals surface area contributed by atoms with Crippen molar-refractivity contribution in [1.29, 1.82) is 0 Å². The quantitative estimate of drug-likeness (QED) is 0.165. The molecule has 2 aromatic heterocycles. The molecule has 2 aromatic carbocycles. The third-order valence-electron chi connectivity index (χ3n) is 6.45. The molecule has 0 amide bonds. The Balaban J connectivity index is 1.27. The smallest absolute Gasteiger partial charge is 0.229 e. The number of nitrogens with zero attached hydrogens (tertiary/aromatic N) is 4. The van der Waals surface area contributed by atoms with Crippen molar-refractivity contribution in [3.8, 4) is 17.2 Å². The lowest BCUT2D eigenvalue weighted by atomic mass is 10.1. The minimum Gasteiger partial charge on any atom is -0.504 e. The van der Waals surface area contributed by atoms with Crippen molar-refractivity contribution in [1.82, 2.24) is 14.9 Å². The zero-order valence-corrected chi connectivity index (χ0v) is 21.7. The van der Waals surface area contributed by atoms with E-state index in [1.165, 1.54) is 30.2 Å². The first-order valence-corrected chi connectivity index (χ1v) is 13.5. The second-order valence-electron chi connectivity index (χ2n) is 9.18. The van der Waals surface area contributed by atoms with E-state index in [4.69, 9.17) is 16.0 Å². The molecule has 0 saturated carbocycles. The molecular formula is C29H27FN4O3S. The van der Waals surface area contributed by atoms with Gasteiger partial charge in [0.15, 0.2) is 0 Å². The number of rotatable bonds is 11. The van der Waals surface area contributed by atoms with Crippen LogP contribution in [0.4, 0.5) is 10.1 Å². The standard InChI is InChI=1S/C29H27FN4O3S/c1-31-26-18-23-25(19-28(26)36-13-4-12-34-10-2-3-11-34)32-8-7-27(23)37-22-6-5-20(24(30)17-22)15-21(35)16-29-33-9-14-38-29/h5-9,14,17-19H,2-4,10-13,15-16H2. The number of pyridine rings is 1. The molecule has 0 aliphatic carbocycles. The highest BCUT2D eigenvalue weighted by Gasteiger charge is 2.15. The Hall–Kier alpha value is -3.87. The second-order valence-corrected chi connectivity index (χ2v) is 10.2. The van der Waals surface area contributed by atoms with E-state index < -0.39 is 5.82 Å². The van der Waals surface area contributed by atoms with Crippen LogP contribution < -0.4 is 9.47 Å². The van der Waals surface area contributed by atoms with Crippen molar-refractivity contribution >= 4 is 33.7 Å². The molecule has 1 saturated heterocycles. The van der Waals surface area contributed by atoms with Gasteiger partial charge in [-0.3, -0.25) is 9.78 Å². The SMILES string of the molecule is [C-]#[N+]c1cc2c(Oc3ccc(CC(=O)Cc4nccs4)c(F)c3)ccnc2cc1OCCCN1CCCC1. The van der Waals surface area contributed by atoms with Crippen molar-refractivity contribution in [2.75, 3.05) is 26.2 Å². The van der Waals surface area contributed by atoms with E-state index in [1.54, 1.807) is 42.7 Å². The summed E-state index contributed by atoms with van der Waals surface area (Å²) in [6.07, 6.45) is 6.83. The number of hydrogen-bond donors (Lipinski definition) is 0. The zero-order chi connectivity index (χ0) is 26.3. The van der Waals surface area contributed by atoms with Crippen molar-refractivity contribution < 1.29 is 18.7 Å². The topological polar surface area (TPSA) is 68.9 Å². The molecule has 0 atom stereocenters. The predicted molar refractivity (Wildman–Crippen MR) is 145 cm³/mol. The lowest BCUT2D eigenvalue weighted by Crippen LogP contribution is -2.21. The number of Topliss-reactive ketones (excluding diaryl/α,β-unsaturated/α-hetero) is 1. The van der Waals surface area contributed by atoms with Crippen LogP contribution in [0.2, 0.25) is 0 Å². The molecule has 0 spiro atoms.